The third-order valence-electron chi connectivity index (χ3n) is 9.08. The lowest BCUT2D eigenvalue weighted by atomic mass is 9.98. The van der Waals surface area contributed by atoms with E-state index < -0.39 is 35.2 Å². The molecular weight excluding hydrogens is 707 g/mol. The van der Waals surface area contributed by atoms with Gasteiger partial charge >= 0.3 is 18.5 Å². The van der Waals surface area contributed by atoms with Gasteiger partial charge in [0.05, 0.1) is 33.6 Å². The van der Waals surface area contributed by atoms with Crippen molar-refractivity contribution in [3.8, 4) is 33.4 Å². The Kier molecular flexibility index (Phi) is 7.79. The van der Waals surface area contributed by atoms with Crippen molar-refractivity contribution in [2.75, 3.05) is 0 Å². The van der Waals surface area contributed by atoms with Gasteiger partial charge in [-0.25, -0.2) is 4.98 Å². The first-order valence-electron chi connectivity index (χ1n) is 16.0. The van der Waals surface area contributed by atoms with E-state index in [2.05, 4.69) is 19.9 Å². The largest absolute Gasteiger partial charge is 0.417 e. The van der Waals surface area contributed by atoms with Crippen molar-refractivity contribution in [1.82, 2.24) is 19.9 Å². The molecule has 0 fully saturated rings. The molecule has 0 saturated heterocycles. The van der Waals surface area contributed by atoms with Crippen LogP contribution in [-0.4, -0.2) is 19.9 Å². The Balaban J connectivity index is 1.60. The van der Waals surface area contributed by atoms with E-state index in [1.54, 1.807) is 18.2 Å². The summed E-state index contributed by atoms with van der Waals surface area (Å²) < 4.78 is 130. The fourth-order valence-corrected chi connectivity index (χ4v) is 6.85. The fraction of sp³-hybridized carbons (Fsp3) is 0.0750. The van der Waals surface area contributed by atoms with E-state index in [1.165, 1.54) is 84.9 Å². The van der Waals surface area contributed by atoms with Crippen molar-refractivity contribution in [2.45, 2.75) is 18.5 Å². The van der Waals surface area contributed by atoms with Crippen LogP contribution in [0, 0.1) is 0 Å². The number of H-pyrrole nitrogens is 3. The molecule has 4 aromatic heterocycles. The molecule has 4 nitrogen and oxygen atoms in total. The van der Waals surface area contributed by atoms with E-state index in [1.807, 2.05) is 0 Å². The molecule has 1 aliphatic rings. The minimum Gasteiger partial charge on any atom is -0.354 e. The fourth-order valence-electron chi connectivity index (χ4n) is 6.85. The maximum atomic E-state index is 14.6. The van der Waals surface area contributed by atoms with Crippen LogP contribution < -0.4 is 0 Å². The standard InChI is InChI=1S/C40H23F9N4/c41-38(42,43)24-10-4-1-7-21(24)35-29-15-13-27(50-29)28-14-16-30(51-28)36(22-8-2-5-11-25(22)39(44,45)46)32-18-20-34(53-32)37(33-19-17-31(35)52-33)23-9-3-6-12-26(23)40(47,48)49/h1-20,50,52-53H. The van der Waals surface area contributed by atoms with Gasteiger partial charge in [0.2, 0.25) is 0 Å². The van der Waals surface area contributed by atoms with E-state index >= 15 is 0 Å². The van der Waals surface area contributed by atoms with Crippen LogP contribution in [0.5, 0.6) is 0 Å². The molecule has 266 valence electrons. The summed E-state index contributed by atoms with van der Waals surface area (Å²) in [4.78, 5) is 14.0. The van der Waals surface area contributed by atoms with Crippen molar-refractivity contribution < 1.29 is 39.5 Å². The van der Waals surface area contributed by atoms with E-state index in [4.69, 9.17) is 0 Å². The average Bonchev–Trinajstić information content (AvgIpc) is 3.94. The van der Waals surface area contributed by atoms with Crippen LogP contribution in [-0.2, 0) is 18.5 Å². The smallest absolute Gasteiger partial charge is 0.354 e. The second-order valence-electron chi connectivity index (χ2n) is 12.3. The van der Waals surface area contributed by atoms with Gasteiger partial charge in [-0.3, -0.25) is 0 Å². The maximum Gasteiger partial charge on any atom is 0.417 e. The molecule has 0 amide bonds. The van der Waals surface area contributed by atoms with Gasteiger partial charge in [0, 0.05) is 44.3 Å². The Labute approximate surface area is 293 Å². The summed E-state index contributed by atoms with van der Waals surface area (Å²) >= 11 is 0. The quantitative estimate of drug-likeness (QED) is 0.156. The minimum atomic E-state index is -4.83. The molecule has 53 heavy (non-hydrogen) atoms. The zero-order chi connectivity index (χ0) is 37.3. The van der Waals surface area contributed by atoms with Gasteiger partial charge in [-0.15, -0.1) is 0 Å². The molecule has 5 heterocycles. The van der Waals surface area contributed by atoms with Crippen molar-refractivity contribution in [1.29, 1.82) is 0 Å². The molecule has 13 heteroatoms. The highest BCUT2D eigenvalue weighted by molar-refractivity contribution is 6.01. The zero-order valence-electron chi connectivity index (χ0n) is 26.9. The number of hydrogen-bond acceptors (Lipinski definition) is 1. The highest BCUT2D eigenvalue weighted by atomic mass is 19.4. The lowest BCUT2D eigenvalue weighted by Crippen LogP contribution is -2.07. The molecule has 0 atom stereocenters. The molecule has 1 aliphatic heterocycles. The number of nitrogens with one attached hydrogen (secondary N) is 3. The highest BCUT2D eigenvalue weighted by Crippen LogP contribution is 2.44. The Bertz CT molecular complexity index is 2700. The first-order chi connectivity index (χ1) is 25.2. The number of aromatic nitrogens is 4. The van der Waals surface area contributed by atoms with Crippen molar-refractivity contribution >= 4 is 45.3 Å². The zero-order valence-corrected chi connectivity index (χ0v) is 26.9. The Morgan fingerprint density at radius 1 is 0.340 bits per heavy atom. The number of nitrogens with zero attached hydrogens (tertiary/aromatic N) is 1. The van der Waals surface area contributed by atoms with Crippen LogP contribution >= 0.6 is 0 Å². The SMILES string of the molecule is FC(F)(F)c1ccccc1-c1c2nc(c3ccc([nH]3)c(-c3ccccc3C(F)(F)F)c3ccc([nH]3)c(-c3ccccc3C(F)(F)F)c3ccc1[nH]3)C=C2. The summed E-state index contributed by atoms with van der Waals surface area (Å²) in [7, 11) is 0. The van der Waals surface area contributed by atoms with Crippen molar-refractivity contribution in [3.63, 3.8) is 0 Å². The molecule has 3 aromatic carbocycles. The molecule has 0 aliphatic carbocycles. The molecule has 3 N–H and O–H groups in total. The second kappa shape index (κ2) is 12.2. The van der Waals surface area contributed by atoms with Crippen molar-refractivity contribution in [3.05, 3.63) is 137 Å². The van der Waals surface area contributed by atoms with Crippen molar-refractivity contribution in [2.24, 2.45) is 0 Å². The third-order valence-corrected chi connectivity index (χ3v) is 9.08. The van der Waals surface area contributed by atoms with Crippen LogP contribution in [0.15, 0.2) is 109 Å². The third kappa shape index (κ3) is 6.01. The van der Waals surface area contributed by atoms with Gasteiger partial charge in [-0.05, 0) is 83.4 Å². The van der Waals surface area contributed by atoms with E-state index in [0.717, 1.165) is 18.2 Å². The summed E-state index contributed by atoms with van der Waals surface area (Å²) in [6.07, 6.45) is -11.3. The average molecular weight is 731 g/mol. The van der Waals surface area contributed by atoms with Crippen LogP contribution in [0.3, 0.4) is 0 Å². The van der Waals surface area contributed by atoms with E-state index in [0.29, 0.717) is 5.52 Å². The van der Waals surface area contributed by atoms with E-state index in [-0.39, 0.29) is 72.4 Å². The number of alkyl halides is 9. The normalized spacial score (nSPS) is 12.9. The Hall–Kier alpha value is -6.24. The van der Waals surface area contributed by atoms with Gasteiger partial charge in [-0.1, -0.05) is 54.6 Å². The van der Waals surface area contributed by atoms with Gasteiger partial charge in [0.25, 0.3) is 0 Å². The minimum absolute atomic E-state index is 0.0269. The topological polar surface area (TPSA) is 60.3 Å². The molecular formula is C40H23F9N4. The molecule has 0 unspecified atom stereocenters. The lowest BCUT2D eigenvalue weighted by molar-refractivity contribution is -0.137. The molecule has 8 bridgehead atoms. The Morgan fingerprint density at radius 3 is 1.04 bits per heavy atom. The van der Waals surface area contributed by atoms with Gasteiger partial charge in [-0.2, -0.15) is 39.5 Å². The van der Waals surface area contributed by atoms with Gasteiger partial charge in [0.15, 0.2) is 0 Å². The predicted octanol–water partition coefficient (Wildman–Crippen LogP) is 12.8. The summed E-state index contributed by atoms with van der Waals surface area (Å²) in [6.45, 7) is 0. The monoisotopic (exact) mass is 730 g/mol. The Morgan fingerprint density at radius 2 is 0.642 bits per heavy atom. The first kappa shape index (κ1) is 33.9. The molecule has 7 aromatic rings. The number of fused-ring (bicyclic) bond motifs is 9. The van der Waals surface area contributed by atoms with Crippen LogP contribution in [0.25, 0.3) is 78.6 Å². The summed E-state index contributed by atoms with van der Waals surface area (Å²) in [6, 6.07) is 23.6. The number of halogens is 9. The summed E-state index contributed by atoms with van der Waals surface area (Å²) in [5.41, 5.74) is -2.12. The maximum absolute atomic E-state index is 14.6. The number of benzene rings is 3. The summed E-state index contributed by atoms with van der Waals surface area (Å²) in [5.74, 6) is 0. The predicted molar refractivity (Wildman–Crippen MR) is 186 cm³/mol. The molecule has 0 spiro atoms. The van der Waals surface area contributed by atoms with E-state index in [9.17, 15) is 39.5 Å². The number of hydrogen-bond donors (Lipinski definition) is 3. The number of aromatic amines is 3. The van der Waals surface area contributed by atoms with Crippen LogP contribution in [0.2, 0.25) is 0 Å². The number of rotatable bonds is 3. The van der Waals surface area contributed by atoms with Crippen LogP contribution in [0.4, 0.5) is 39.5 Å². The summed E-state index contributed by atoms with van der Waals surface area (Å²) in [5, 5.41) is 0. The molecule has 0 saturated carbocycles. The lowest BCUT2D eigenvalue weighted by Gasteiger charge is -2.14. The first-order valence-corrected chi connectivity index (χ1v) is 16.0. The molecule has 8 rings (SSSR count). The van der Waals surface area contributed by atoms with Crippen LogP contribution in [0.1, 0.15) is 28.1 Å². The highest BCUT2D eigenvalue weighted by Gasteiger charge is 2.36. The second-order valence-corrected chi connectivity index (χ2v) is 12.3. The van der Waals surface area contributed by atoms with Gasteiger partial charge in [0.1, 0.15) is 0 Å². The molecule has 0 radical (unpaired) electrons. The van der Waals surface area contributed by atoms with Gasteiger partial charge < -0.3 is 15.0 Å².